The fourth-order valence-corrected chi connectivity index (χ4v) is 1.75. The van der Waals surface area contributed by atoms with E-state index >= 15 is 0 Å². The number of hydrogen-bond acceptors (Lipinski definition) is 2. The summed E-state index contributed by atoms with van der Waals surface area (Å²) >= 11 is 0. The highest BCUT2D eigenvalue weighted by molar-refractivity contribution is 5.35. The molecule has 0 heterocycles. The normalized spacial score (nSPS) is 12.5. The Morgan fingerprint density at radius 1 is 1.15 bits per heavy atom. The van der Waals surface area contributed by atoms with Gasteiger partial charge in [-0.25, -0.2) is 0 Å². The van der Waals surface area contributed by atoms with Crippen molar-refractivity contribution in [2.75, 3.05) is 19.7 Å². The van der Waals surface area contributed by atoms with Crippen LogP contribution in [0, 0.1) is 5.41 Å². The molecule has 1 N–H and O–H groups in total. The Morgan fingerprint density at radius 2 is 1.80 bits per heavy atom. The van der Waals surface area contributed by atoms with Crippen molar-refractivity contribution < 1.29 is 17.9 Å². The van der Waals surface area contributed by atoms with E-state index in [1.807, 2.05) is 13.8 Å². The topological polar surface area (TPSA) is 21.3 Å². The minimum Gasteiger partial charge on any atom is -0.492 e. The highest BCUT2D eigenvalue weighted by Crippen LogP contribution is 2.36. The molecule has 1 rings (SSSR count). The Morgan fingerprint density at radius 3 is 2.40 bits per heavy atom. The number of nitrogens with one attached hydrogen (secondary N) is 1. The van der Waals surface area contributed by atoms with Gasteiger partial charge in [-0.1, -0.05) is 32.9 Å². The molecular weight excluding hydrogens is 267 g/mol. The summed E-state index contributed by atoms with van der Waals surface area (Å²) in [6, 6.07) is 5.31. The average Bonchev–Trinajstić information content (AvgIpc) is 2.36. The lowest BCUT2D eigenvalue weighted by molar-refractivity contribution is -0.139. The van der Waals surface area contributed by atoms with Gasteiger partial charge >= 0.3 is 6.18 Å². The van der Waals surface area contributed by atoms with E-state index in [0.717, 1.165) is 19.0 Å². The molecule has 5 heteroatoms. The van der Waals surface area contributed by atoms with Crippen LogP contribution in [0.3, 0.4) is 0 Å². The second-order valence-electron chi connectivity index (χ2n) is 5.62. The van der Waals surface area contributed by atoms with Gasteiger partial charge in [-0.2, -0.15) is 13.2 Å². The van der Waals surface area contributed by atoms with E-state index in [9.17, 15) is 13.2 Å². The van der Waals surface area contributed by atoms with Gasteiger partial charge < -0.3 is 10.1 Å². The first-order chi connectivity index (χ1) is 9.26. The molecule has 114 valence electrons. The lowest BCUT2D eigenvalue weighted by Crippen LogP contribution is -2.34. The molecule has 0 aromatic heterocycles. The first-order valence-corrected chi connectivity index (χ1v) is 6.76. The van der Waals surface area contributed by atoms with Crippen molar-refractivity contribution in [3.63, 3.8) is 0 Å². The summed E-state index contributed by atoms with van der Waals surface area (Å²) in [5.74, 6) is -0.108. The highest BCUT2D eigenvalue weighted by atomic mass is 19.4. The Kier molecular flexibility index (Phi) is 5.87. The third-order valence-corrected chi connectivity index (χ3v) is 2.84. The van der Waals surface area contributed by atoms with Crippen LogP contribution in [0.25, 0.3) is 0 Å². The zero-order valence-corrected chi connectivity index (χ0v) is 12.2. The number of rotatable bonds is 7. The smallest absolute Gasteiger partial charge is 0.419 e. The van der Waals surface area contributed by atoms with Crippen LogP contribution in [-0.2, 0) is 6.18 Å². The molecule has 0 aliphatic heterocycles. The molecule has 0 saturated heterocycles. The summed E-state index contributed by atoms with van der Waals surface area (Å²) in [6.07, 6.45) is -3.37. The predicted octanol–water partition coefficient (Wildman–Crippen LogP) is 4.11. The summed E-state index contributed by atoms with van der Waals surface area (Å²) in [6.45, 7) is 7.82. The van der Waals surface area contributed by atoms with Crippen LogP contribution in [0.5, 0.6) is 5.75 Å². The molecule has 0 spiro atoms. The van der Waals surface area contributed by atoms with Crippen molar-refractivity contribution in [1.29, 1.82) is 0 Å². The van der Waals surface area contributed by atoms with Crippen LogP contribution in [0.2, 0.25) is 0 Å². The van der Waals surface area contributed by atoms with Gasteiger partial charge in [0.15, 0.2) is 0 Å². The molecule has 0 amide bonds. The molecule has 0 atom stereocenters. The Bertz CT molecular complexity index is 416. The van der Waals surface area contributed by atoms with E-state index in [0.29, 0.717) is 6.54 Å². The summed E-state index contributed by atoms with van der Waals surface area (Å²) in [7, 11) is 0. The quantitative estimate of drug-likeness (QED) is 0.763. The minimum atomic E-state index is -4.39. The lowest BCUT2D eigenvalue weighted by atomic mass is 9.95. The van der Waals surface area contributed by atoms with Crippen molar-refractivity contribution in [3.8, 4) is 5.75 Å². The van der Waals surface area contributed by atoms with Gasteiger partial charge in [-0.15, -0.1) is 0 Å². The van der Waals surface area contributed by atoms with E-state index in [-0.39, 0.29) is 17.8 Å². The van der Waals surface area contributed by atoms with Crippen LogP contribution >= 0.6 is 0 Å². The fraction of sp³-hybridized carbons (Fsp3) is 0.600. The number of ether oxygens (including phenoxy) is 1. The van der Waals surface area contributed by atoms with Crippen LogP contribution in [0.4, 0.5) is 13.2 Å². The third-order valence-electron chi connectivity index (χ3n) is 2.84. The predicted molar refractivity (Wildman–Crippen MR) is 73.9 cm³/mol. The van der Waals surface area contributed by atoms with Crippen molar-refractivity contribution in [1.82, 2.24) is 5.32 Å². The van der Waals surface area contributed by atoms with Gasteiger partial charge in [-0.05, 0) is 25.1 Å². The monoisotopic (exact) mass is 289 g/mol. The molecule has 0 saturated carbocycles. The van der Waals surface area contributed by atoms with Crippen molar-refractivity contribution in [2.24, 2.45) is 5.41 Å². The molecule has 0 aliphatic rings. The first-order valence-electron chi connectivity index (χ1n) is 6.76. The maximum atomic E-state index is 12.8. The first kappa shape index (κ1) is 16.8. The number of para-hydroxylation sites is 1. The number of alkyl halides is 3. The Hall–Kier alpha value is -1.23. The van der Waals surface area contributed by atoms with Crippen LogP contribution in [0.15, 0.2) is 24.3 Å². The zero-order valence-electron chi connectivity index (χ0n) is 12.2. The van der Waals surface area contributed by atoms with Crippen LogP contribution in [0.1, 0.15) is 32.8 Å². The largest absolute Gasteiger partial charge is 0.492 e. The molecular formula is C15H22F3NO. The summed E-state index contributed by atoms with van der Waals surface area (Å²) in [5, 5.41) is 3.25. The van der Waals surface area contributed by atoms with Gasteiger partial charge in [-0.3, -0.25) is 0 Å². The summed E-state index contributed by atoms with van der Waals surface area (Å²) in [5.41, 5.74) is -0.953. The molecule has 0 aliphatic carbocycles. The van der Waals surface area contributed by atoms with E-state index in [1.165, 1.54) is 12.1 Å². The summed E-state index contributed by atoms with van der Waals surface area (Å²) < 4.78 is 43.9. The van der Waals surface area contributed by atoms with Crippen molar-refractivity contribution in [3.05, 3.63) is 29.8 Å². The van der Waals surface area contributed by atoms with Gasteiger partial charge in [0.1, 0.15) is 5.75 Å². The molecule has 1 aromatic carbocycles. The number of benzene rings is 1. The van der Waals surface area contributed by atoms with Gasteiger partial charge in [0.25, 0.3) is 0 Å². The molecule has 0 bridgehead atoms. The number of halogens is 3. The Balaban J connectivity index is 2.66. The van der Waals surface area contributed by atoms with Gasteiger partial charge in [0.2, 0.25) is 0 Å². The minimum absolute atomic E-state index is 0.108. The Labute approximate surface area is 118 Å². The lowest BCUT2D eigenvalue weighted by Gasteiger charge is -2.26. The zero-order chi connectivity index (χ0) is 15.2. The van der Waals surface area contributed by atoms with Gasteiger partial charge in [0.05, 0.1) is 12.2 Å². The second-order valence-corrected chi connectivity index (χ2v) is 5.62. The van der Waals surface area contributed by atoms with Crippen molar-refractivity contribution >= 4 is 0 Å². The maximum Gasteiger partial charge on any atom is 0.419 e. The standard InChI is InChI=1S/C15H22F3NO/c1-4-9-19-10-14(2,3)11-20-13-8-6-5-7-12(13)15(16,17)18/h5-8,19H,4,9-11H2,1-3H3. The highest BCUT2D eigenvalue weighted by Gasteiger charge is 2.34. The van der Waals surface area contributed by atoms with E-state index < -0.39 is 11.7 Å². The SMILES string of the molecule is CCCNCC(C)(C)COc1ccccc1C(F)(F)F. The van der Waals surface area contributed by atoms with Crippen LogP contribution < -0.4 is 10.1 Å². The van der Waals surface area contributed by atoms with Crippen LogP contribution in [-0.4, -0.2) is 19.7 Å². The molecule has 0 fully saturated rings. The van der Waals surface area contributed by atoms with Crippen molar-refractivity contribution in [2.45, 2.75) is 33.4 Å². The molecule has 2 nitrogen and oxygen atoms in total. The molecule has 0 unspecified atom stereocenters. The second kappa shape index (κ2) is 6.97. The number of hydrogen-bond donors (Lipinski definition) is 1. The van der Waals surface area contributed by atoms with Gasteiger partial charge in [0, 0.05) is 12.0 Å². The summed E-state index contributed by atoms with van der Waals surface area (Å²) in [4.78, 5) is 0. The van der Waals surface area contributed by atoms with E-state index in [1.54, 1.807) is 6.07 Å². The third kappa shape index (κ3) is 5.41. The molecule has 1 aromatic rings. The van der Waals surface area contributed by atoms with E-state index in [4.69, 9.17) is 4.74 Å². The maximum absolute atomic E-state index is 12.8. The average molecular weight is 289 g/mol. The van der Waals surface area contributed by atoms with E-state index in [2.05, 4.69) is 12.2 Å². The molecule has 0 radical (unpaired) electrons. The fourth-order valence-electron chi connectivity index (χ4n) is 1.75. The molecule has 20 heavy (non-hydrogen) atoms.